The Hall–Kier alpha value is -2.31. The first-order valence-electron chi connectivity index (χ1n) is 20.9. The number of esters is 1. The van der Waals surface area contributed by atoms with Gasteiger partial charge in [-0.3, -0.25) is 14.4 Å². The lowest BCUT2D eigenvalue weighted by atomic mass is 9.94. The molecule has 4 fully saturated rings. The summed E-state index contributed by atoms with van der Waals surface area (Å²) in [7, 11) is 1.34. The summed E-state index contributed by atoms with van der Waals surface area (Å²) in [4.78, 5) is 35.9. The molecule has 20 atom stereocenters. The van der Waals surface area contributed by atoms with Crippen LogP contribution in [0.2, 0.25) is 0 Å². The van der Waals surface area contributed by atoms with Gasteiger partial charge in [0.2, 0.25) is 11.8 Å². The van der Waals surface area contributed by atoms with Crippen LogP contribution in [0.1, 0.15) is 65.7 Å². The molecular weight excluding hydrogens is 836 g/mol. The number of unbranched alkanes of at least 4 members (excludes halogenated alkanes) is 5. The molecule has 0 aromatic carbocycles. The van der Waals surface area contributed by atoms with E-state index in [-0.39, 0.29) is 12.6 Å². The van der Waals surface area contributed by atoms with Crippen LogP contribution in [-0.4, -0.2) is 225 Å². The first-order chi connectivity index (χ1) is 29.5. The van der Waals surface area contributed by atoms with E-state index in [4.69, 9.17) is 37.9 Å². The van der Waals surface area contributed by atoms with Crippen molar-refractivity contribution in [3.63, 3.8) is 0 Å². The van der Waals surface area contributed by atoms with Crippen molar-refractivity contribution in [3.05, 3.63) is 0 Å². The molecule has 360 valence electrons. The zero-order valence-electron chi connectivity index (χ0n) is 35.2. The molecule has 0 spiro atoms. The summed E-state index contributed by atoms with van der Waals surface area (Å²) < 4.78 is 52.4. The van der Waals surface area contributed by atoms with E-state index in [1.807, 2.05) is 0 Å². The highest BCUT2D eigenvalue weighted by Gasteiger charge is 2.57. The monoisotopic (exact) mass is 902 g/mol. The van der Waals surface area contributed by atoms with Gasteiger partial charge in [0, 0.05) is 26.9 Å². The molecule has 0 aromatic rings. The van der Waals surface area contributed by atoms with Crippen LogP contribution >= 0.6 is 0 Å². The number of amides is 2. The van der Waals surface area contributed by atoms with Crippen molar-refractivity contribution in [2.24, 2.45) is 0 Å². The number of aliphatic hydroxyl groups excluding tert-OH is 10. The molecule has 24 nitrogen and oxygen atoms in total. The minimum Gasteiger partial charge on any atom is -0.469 e. The second-order valence-corrected chi connectivity index (χ2v) is 15.9. The summed E-state index contributed by atoms with van der Waals surface area (Å²) in [5, 5.41) is 113. The second-order valence-electron chi connectivity index (χ2n) is 15.9. The second kappa shape index (κ2) is 24.8. The fourth-order valence-electron chi connectivity index (χ4n) is 7.77. The minimum atomic E-state index is -1.95. The molecule has 0 aliphatic carbocycles. The van der Waals surface area contributed by atoms with Crippen LogP contribution in [0.5, 0.6) is 0 Å². The van der Waals surface area contributed by atoms with E-state index < -0.39 is 154 Å². The van der Waals surface area contributed by atoms with Crippen LogP contribution in [0.25, 0.3) is 0 Å². The van der Waals surface area contributed by atoms with E-state index in [1.165, 1.54) is 21.0 Å². The highest BCUT2D eigenvalue weighted by Crippen LogP contribution is 2.36. The van der Waals surface area contributed by atoms with Crippen molar-refractivity contribution in [2.75, 3.05) is 33.5 Å². The molecule has 2 amide bonds. The third kappa shape index (κ3) is 13.4. The van der Waals surface area contributed by atoms with Crippen LogP contribution in [0.3, 0.4) is 0 Å². The van der Waals surface area contributed by atoms with Crippen molar-refractivity contribution in [3.8, 4) is 0 Å². The first kappa shape index (κ1) is 52.3. The van der Waals surface area contributed by atoms with E-state index in [0.717, 1.165) is 32.6 Å². The quantitative estimate of drug-likeness (QED) is 0.0378. The molecule has 4 aliphatic rings. The van der Waals surface area contributed by atoms with Crippen molar-refractivity contribution >= 4 is 17.8 Å². The largest absolute Gasteiger partial charge is 0.469 e. The van der Waals surface area contributed by atoms with Gasteiger partial charge in [0.1, 0.15) is 91.4 Å². The van der Waals surface area contributed by atoms with Crippen molar-refractivity contribution in [1.82, 2.24) is 10.6 Å². The minimum absolute atomic E-state index is 0.129. The number of nitrogens with one attached hydrogen (secondary N) is 2. The molecule has 4 rings (SSSR count). The fraction of sp³-hybridized carbons (Fsp3) is 0.921. The van der Waals surface area contributed by atoms with Crippen LogP contribution in [0.15, 0.2) is 0 Å². The lowest BCUT2D eigenvalue weighted by Crippen LogP contribution is -2.70. The molecule has 4 aliphatic heterocycles. The summed E-state index contributed by atoms with van der Waals surface area (Å²) in [5.74, 6) is -1.58. The van der Waals surface area contributed by atoms with E-state index in [0.29, 0.717) is 19.3 Å². The third-order valence-corrected chi connectivity index (χ3v) is 11.2. The van der Waals surface area contributed by atoms with Gasteiger partial charge in [-0.05, 0) is 19.8 Å². The van der Waals surface area contributed by atoms with Crippen molar-refractivity contribution < 1.29 is 108 Å². The van der Waals surface area contributed by atoms with E-state index in [1.54, 1.807) is 0 Å². The highest BCUT2D eigenvalue weighted by atomic mass is 16.8. The molecule has 0 unspecified atom stereocenters. The summed E-state index contributed by atoms with van der Waals surface area (Å²) in [6.45, 7) is 1.22. The number of aliphatic hydroxyl groups is 10. The Labute approximate surface area is 358 Å². The Morgan fingerprint density at radius 1 is 0.516 bits per heavy atom. The molecule has 4 saturated heterocycles. The summed E-state index contributed by atoms with van der Waals surface area (Å²) in [6.07, 6.45) is -25.4. The fourth-order valence-corrected chi connectivity index (χ4v) is 7.77. The van der Waals surface area contributed by atoms with Gasteiger partial charge in [-0.15, -0.1) is 0 Å². The average molecular weight is 903 g/mol. The number of carbonyl (C=O) groups is 3. The maximum Gasteiger partial charge on any atom is 0.305 e. The first-order valence-corrected chi connectivity index (χ1v) is 20.9. The van der Waals surface area contributed by atoms with Gasteiger partial charge in [-0.1, -0.05) is 25.7 Å². The van der Waals surface area contributed by atoms with E-state index in [9.17, 15) is 65.4 Å². The molecule has 4 heterocycles. The molecular formula is C38H66N2O22. The maximum atomic E-state index is 12.4. The lowest BCUT2D eigenvalue weighted by molar-refractivity contribution is -0.398. The molecule has 12 N–H and O–H groups in total. The lowest BCUT2D eigenvalue weighted by Gasteiger charge is -2.51. The van der Waals surface area contributed by atoms with Crippen molar-refractivity contribution in [2.45, 2.75) is 188 Å². The Kier molecular flexibility index (Phi) is 21.0. The van der Waals surface area contributed by atoms with E-state index in [2.05, 4.69) is 15.4 Å². The van der Waals surface area contributed by atoms with Gasteiger partial charge in [0.15, 0.2) is 25.2 Å². The van der Waals surface area contributed by atoms with E-state index >= 15 is 0 Å². The van der Waals surface area contributed by atoms with Gasteiger partial charge in [-0.2, -0.15) is 0 Å². The number of hydrogen-bond acceptors (Lipinski definition) is 22. The topological polar surface area (TPSA) is 361 Å². The van der Waals surface area contributed by atoms with Crippen LogP contribution in [-0.2, 0) is 57.0 Å². The van der Waals surface area contributed by atoms with Gasteiger partial charge >= 0.3 is 5.97 Å². The van der Waals surface area contributed by atoms with Gasteiger partial charge in [0.05, 0.1) is 33.0 Å². The molecule has 24 heteroatoms. The van der Waals surface area contributed by atoms with Crippen LogP contribution in [0, 0.1) is 0 Å². The molecule has 0 saturated carbocycles. The zero-order valence-corrected chi connectivity index (χ0v) is 35.2. The SMILES string of the molecule is COC(=O)CCCCCCCCO[C@@H]1O[C@H](CO)[C@@H](O[C@@H]2O[C@H](CO)[C@H](O)[C@H](O[C@H]3O[C@H](CO)[C@H](O)[C@H](O)[C@H]3NC(C)=O)[C@H]2O[C@@H]2O[C@@H](C)[C@@H](O)[C@@H](O)[C@@H]2O)[C@H](O)[C@H]1NC(C)=O. The predicted molar refractivity (Wildman–Crippen MR) is 204 cm³/mol. The van der Waals surface area contributed by atoms with Crippen molar-refractivity contribution in [1.29, 1.82) is 0 Å². The normalized spacial score (nSPS) is 41.3. The van der Waals surface area contributed by atoms with Crippen LogP contribution in [0.4, 0.5) is 0 Å². The highest BCUT2D eigenvalue weighted by molar-refractivity contribution is 5.73. The summed E-state index contributed by atoms with van der Waals surface area (Å²) in [6, 6.07) is -2.87. The van der Waals surface area contributed by atoms with Crippen LogP contribution < -0.4 is 10.6 Å². The molecule has 62 heavy (non-hydrogen) atoms. The predicted octanol–water partition coefficient (Wildman–Crippen LogP) is -5.51. The maximum absolute atomic E-state index is 12.4. The third-order valence-electron chi connectivity index (χ3n) is 11.2. The number of rotatable bonds is 21. The smallest absolute Gasteiger partial charge is 0.305 e. The summed E-state index contributed by atoms with van der Waals surface area (Å²) in [5.41, 5.74) is 0. The Morgan fingerprint density at radius 3 is 1.63 bits per heavy atom. The molecule has 0 radical (unpaired) electrons. The number of methoxy groups -OCH3 is 1. The number of hydrogen-bond donors (Lipinski definition) is 12. The molecule has 0 bridgehead atoms. The Bertz CT molecular complexity index is 1390. The summed E-state index contributed by atoms with van der Waals surface area (Å²) >= 11 is 0. The average Bonchev–Trinajstić information content (AvgIpc) is 3.24. The van der Waals surface area contributed by atoms with Gasteiger partial charge < -0.3 is 104 Å². The standard InChI is InChI=1S/C38H66N2O22/c1-16-25(47)30(52)31(53)37(56-16)62-34-33(61-36-23(39-17(2)44)28(50)26(48)19(13-41)57-36)27(49)20(14-42)58-38(34)60-32-21(15-43)59-35(24(29(32)51)40-18(3)45)55-12-10-8-6-5-7-9-11-22(46)54-4/h16,19-21,23-38,41-43,47-53H,5-15H2,1-4H3,(H,39,44)(H,40,45)/t16-,19+,20+,21+,23+,24+,25+,26-,27-,28+,29+,30+,31-,32+,33-,34+,35+,36+,37-,38-/m0/s1. The van der Waals surface area contributed by atoms with Gasteiger partial charge in [0.25, 0.3) is 0 Å². The Balaban J connectivity index is 1.61. The molecule has 0 aromatic heterocycles. The number of ether oxygens (including phenoxy) is 9. The number of carbonyl (C=O) groups excluding carboxylic acids is 3. The Morgan fingerprint density at radius 2 is 1.03 bits per heavy atom. The van der Waals surface area contributed by atoms with Gasteiger partial charge in [-0.25, -0.2) is 0 Å². The zero-order chi connectivity index (χ0) is 45.8.